The van der Waals surface area contributed by atoms with Gasteiger partial charge in [-0.3, -0.25) is 0 Å². The van der Waals surface area contributed by atoms with Gasteiger partial charge in [0.15, 0.2) is 0 Å². The fourth-order valence-corrected chi connectivity index (χ4v) is 2.31. The van der Waals surface area contributed by atoms with Gasteiger partial charge in [-0.05, 0) is 38.8 Å². The number of aliphatic carboxylic acids is 1. The Kier molecular flexibility index (Phi) is 3.22. The first-order valence-corrected chi connectivity index (χ1v) is 5.38. The molecule has 0 atom stereocenters. The number of rotatable bonds is 4. The van der Waals surface area contributed by atoms with Crippen LogP contribution < -0.4 is 0 Å². The van der Waals surface area contributed by atoms with Crippen molar-refractivity contribution in [2.45, 2.75) is 46.1 Å². The quantitative estimate of drug-likeness (QED) is 0.828. The summed E-state index contributed by atoms with van der Waals surface area (Å²) in [6.45, 7) is 7.76. The van der Waals surface area contributed by atoms with Crippen molar-refractivity contribution in [3.8, 4) is 0 Å². The van der Waals surface area contributed by atoms with E-state index in [1.54, 1.807) is 0 Å². The Bertz CT molecular complexity index is 342. The molecule has 3 nitrogen and oxygen atoms in total. The summed E-state index contributed by atoms with van der Waals surface area (Å²) in [6.07, 6.45) is 1.21. The standard InChI is InChI=1S/C12H19NO2/c1-5-12(6-2,11(14)15)13-9(3)7-8-10(13)4/h7-8H,5-6H2,1-4H3,(H,14,15). The highest BCUT2D eigenvalue weighted by molar-refractivity contribution is 5.77. The number of aryl methyl sites for hydroxylation is 2. The second kappa shape index (κ2) is 4.09. The van der Waals surface area contributed by atoms with Crippen molar-refractivity contribution in [2.75, 3.05) is 0 Å². The van der Waals surface area contributed by atoms with Gasteiger partial charge in [0, 0.05) is 11.4 Å². The molecule has 15 heavy (non-hydrogen) atoms. The Balaban J connectivity index is 3.38. The Hall–Kier alpha value is -1.25. The molecule has 0 aromatic carbocycles. The van der Waals surface area contributed by atoms with E-state index < -0.39 is 11.5 Å². The van der Waals surface area contributed by atoms with Gasteiger partial charge in [-0.15, -0.1) is 0 Å². The van der Waals surface area contributed by atoms with Crippen LogP contribution in [0.3, 0.4) is 0 Å². The molecule has 1 N–H and O–H groups in total. The van der Waals surface area contributed by atoms with Gasteiger partial charge < -0.3 is 9.67 Å². The highest BCUT2D eigenvalue weighted by atomic mass is 16.4. The van der Waals surface area contributed by atoms with E-state index in [0.29, 0.717) is 12.8 Å². The van der Waals surface area contributed by atoms with Gasteiger partial charge in [0.05, 0.1) is 0 Å². The topological polar surface area (TPSA) is 42.2 Å². The van der Waals surface area contributed by atoms with Crippen molar-refractivity contribution in [1.82, 2.24) is 4.57 Å². The number of nitrogens with zero attached hydrogens (tertiary/aromatic N) is 1. The van der Waals surface area contributed by atoms with Crippen LogP contribution in [-0.2, 0) is 10.3 Å². The van der Waals surface area contributed by atoms with Crippen molar-refractivity contribution in [3.05, 3.63) is 23.5 Å². The van der Waals surface area contributed by atoms with Gasteiger partial charge in [0.1, 0.15) is 5.54 Å². The fourth-order valence-electron chi connectivity index (χ4n) is 2.31. The zero-order valence-electron chi connectivity index (χ0n) is 9.87. The monoisotopic (exact) mass is 209 g/mol. The summed E-state index contributed by atoms with van der Waals surface area (Å²) in [7, 11) is 0. The lowest BCUT2D eigenvalue weighted by Crippen LogP contribution is -2.42. The summed E-state index contributed by atoms with van der Waals surface area (Å²) in [6, 6.07) is 3.94. The van der Waals surface area contributed by atoms with E-state index in [9.17, 15) is 9.90 Å². The Morgan fingerprint density at radius 2 is 1.67 bits per heavy atom. The van der Waals surface area contributed by atoms with E-state index in [-0.39, 0.29) is 0 Å². The van der Waals surface area contributed by atoms with Crippen molar-refractivity contribution >= 4 is 5.97 Å². The average Bonchev–Trinajstić information content (AvgIpc) is 2.52. The van der Waals surface area contributed by atoms with Gasteiger partial charge in [-0.25, -0.2) is 4.79 Å². The number of hydrogen-bond donors (Lipinski definition) is 1. The average molecular weight is 209 g/mol. The Morgan fingerprint density at radius 1 is 1.27 bits per heavy atom. The molecule has 0 unspecified atom stereocenters. The number of carboxylic acids is 1. The molecule has 0 aliphatic carbocycles. The van der Waals surface area contributed by atoms with Gasteiger partial charge >= 0.3 is 5.97 Å². The summed E-state index contributed by atoms with van der Waals surface area (Å²) in [4.78, 5) is 11.5. The molecule has 0 saturated carbocycles. The van der Waals surface area contributed by atoms with Crippen LogP contribution in [-0.4, -0.2) is 15.6 Å². The molecule has 0 aliphatic rings. The van der Waals surface area contributed by atoms with Crippen LogP contribution in [0.2, 0.25) is 0 Å². The smallest absolute Gasteiger partial charge is 0.329 e. The highest BCUT2D eigenvalue weighted by Gasteiger charge is 2.38. The van der Waals surface area contributed by atoms with Crippen molar-refractivity contribution in [2.24, 2.45) is 0 Å². The Morgan fingerprint density at radius 3 is 1.93 bits per heavy atom. The van der Waals surface area contributed by atoms with Crippen molar-refractivity contribution in [1.29, 1.82) is 0 Å². The van der Waals surface area contributed by atoms with Crippen LogP contribution in [0.15, 0.2) is 12.1 Å². The summed E-state index contributed by atoms with van der Waals surface area (Å²) >= 11 is 0. The summed E-state index contributed by atoms with van der Waals surface area (Å²) in [5.74, 6) is -0.741. The van der Waals surface area contributed by atoms with Crippen LogP contribution in [0.5, 0.6) is 0 Å². The second-order valence-electron chi connectivity index (χ2n) is 4.00. The Labute approximate surface area is 90.7 Å². The number of aromatic nitrogens is 1. The molecule has 1 rings (SSSR count). The molecule has 0 bridgehead atoms. The number of hydrogen-bond acceptors (Lipinski definition) is 1. The van der Waals surface area contributed by atoms with E-state index in [4.69, 9.17) is 0 Å². The van der Waals surface area contributed by atoms with Gasteiger partial charge in [0.25, 0.3) is 0 Å². The molecule has 0 radical (unpaired) electrons. The minimum absolute atomic E-state index is 0.606. The number of carbonyl (C=O) groups is 1. The summed E-state index contributed by atoms with van der Waals surface area (Å²) < 4.78 is 1.94. The molecule has 0 aliphatic heterocycles. The maximum absolute atomic E-state index is 11.5. The third-order valence-electron chi connectivity index (χ3n) is 3.27. The van der Waals surface area contributed by atoms with Gasteiger partial charge in [-0.1, -0.05) is 13.8 Å². The lowest BCUT2D eigenvalue weighted by Gasteiger charge is -2.32. The minimum atomic E-state index is -0.780. The van der Waals surface area contributed by atoms with Crippen LogP contribution in [0.25, 0.3) is 0 Å². The van der Waals surface area contributed by atoms with Crippen LogP contribution in [0.4, 0.5) is 0 Å². The van der Waals surface area contributed by atoms with E-state index in [1.807, 2.05) is 44.4 Å². The normalized spacial score (nSPS) is 11.7. The molecule has 0 saturated heterocycles. The zero-order chi connectivity index (χ0) is 11.6. The first-order valence-electron chi connectivity index (χ1n) is 5.38. The fraction of sp³-hybridized carbons (Fsp3) is 0.583. The minimum Gasteiger partial charge on any atom is -0.479 e. The largest absolute Gasteiger partial charge is 0.479 e. The lowest BCUT2D eigenvalue weighted by molar-refractivity contribution is -0.148. The second-order valence-corrected chi connectivity index (χ2v) is 4.00. The number of carboxylic acid groups (broad SMARTS) is 1. The van der Waals surface area contributed by atoms with E-state index >= 15 is 0 Å². The molecule has 0 amide bonds. The molecule has 1 aromatic rings. The van der Waals surface area contributed by atoms with Gasteiger partial charge in [0.2, 0.25) is 0 Å². The predicted molar refractivity (Wildman–Crippen MR) is 60.1 cm³/mol. The molecule has 84 valence electrons. The molecule has 0 spiro atoms. The molecule has 1 aromatic heterocycles. The molecular formula is C12H19NO2. The first kappa shape index (κ1) is 11.8. The third kappa shape index (κ3) is 1.66. The zero-order valence-corrected chi connectivity index (χ0v) is 9.87. The summed E-state index contributed by atoms with van der Waals surface area (Å²) in [5, 5.41) is 9.42. The maximum Gasteiger partial charge on any atom is 0.329 e. The van der Waals surface area contributed by atoms with E-state index in [2.05, 4.69) is 0 Å². The van der Waals surface area contributed by atoms with Crippen molar-refractivity contribution in [3.63, 3.8) is 0 Å². The molecule has 0 fully saturated rings. The van der Waals surface area contributed by atoms with Crippen LogP contribution in [0, 0.1) is 13.8 Å². The molecule has 1 heterocycles. The van der Waals surface area contributed by atoms with Crippen LogP contribution >= 0.6 is 0 Å². The lowest BCUT2D eigenvalue weighted by atomic mass is 9.92. The highest BCUT2D eigenvalue weighted by Crippen LogP contribution is 2.29. The molecular weight excluding hydrogens is 190 g/mol. The predicted octanol–water partition coefficient (Wildman–Crippen LogP) is 2.70. The SMILES string of the molecule is CCC(CC)(C(=O)O)n1c(C)ccc1C. The van der Waals surface area contributed by atoms with Gasteiger partial charge in [-0.2, -0.15) is 0 Å². The first-order chi connectivity index (χ1) is 6.99. The summed E-state index contributed by atoms with van der Waals surface area (Å²) in [5.41, 5.74) is 1.25. The van der Waals surface area contributed by atoms with E-state index in [1.165, 1.54) is 0 Å². The molecule has 3 heteroatoms. The van der Waals surface area contributed by atoms with Crippen LogP contribution in [0.1, 0.15) is 38.1 Å². The van der Waals surface area contributed by atoms with E-state index in [0.717, 1.165) is 11.4 Å². The third-order valence-corrected chi connectivity index (χ3v) is 3.27. The van der Waals surface area contributed by atoms with Crippen molar-refractivity contribution < 1.29 is 9.90 Å². The maximum atomic E-state index is 11.5.